The maximum Gasteiger partial charge on any atom is 0.328 e. The average Bonchev–Trinajstić information content (AvgIpc) is 1.79. The molecule has 0 aliphatic carbocycles. The minimum Gasteiger partial charge on any atom is -0.478 e. The molecule has 0 aliphatic heterocycles. The maximum atomic E-state index is 9.83. The van der Waals surface area contributed by atoms with E-state index < -0.39 is 14.2 Å². The molecule has 0 aromatic carbocycles. The summed E-state index contributed by atoms with van der Waals surface area (Å²) in [7, 11) is -2.93. The highest BCUT2D eigenvalue weighted by Gasteiger charge is 1.88. The first-order chi connectivity index (χ1) is 4.63. The number of hydrogen-bond donors (Lipinski definition) is 2. The molecular formula is C4H7O5P. The van der Waals surface area contributed by atoms with Crippen LogP contribution < -0.4 is 0 Å². The summed E-state index contributed by atoms with van der Waals surface area (Å²) in [6.45, 7) is -0.152. The summed E-state index contributed by atoms with van der Waals surface area (Å²) in [6, 6.07) is 0. The van der Waals surface area contributed by atoms with E-state index >= 15 is 0 Å². The van der Waals surface area contributed by atoms with Crippen molar-refractivity contribution in [1.29, 1.82) is 0 Å². The van der Waals surface area contributed by atoms with Crippen LogP contribution in [0.1, 0.15) is 0 Å². The Labute approximate surface area is 57.9 Å². The molecule has 0 amide bonds. The third-order valence-corrected chi connectivity index (χ3v) is 0.977. The lowest BCUT2D eigenvalue weighted by atomic mass is 10.5. The van der Waals surface area contributed by atoms with Crippen molar-refractivity contribution in [2.24, 2.45) is 0 Å². The monoisotopic (exact) mass is 166 g/mol. The molecular weight excluding hydrogens is 159 g/mol. The Morgan fingerprint density at radius 3 is 2.70 bits per heavy atom. The van der Waals surface area contributed by atoms with Crippen molar-refractivity contribution in [2.75, 3.05) is 6.61 Å². The van der Waals surface area contributed by atoms with Gasteiger partial charge in [0.1, 0.15) is 0 Å². The predicted octanol–water partition coefficient (Wildman–Crippen LogP) is 0.0258. The van der Waals surface area contributed by atoms with Gasteiger partial charge in [-0.1, -0.05) is 6.08 Å². The van der Waals surface area contributed by atoms with E-state index in [1.54, 1.807) is 0 Å². The van der Waals surface area contributed by atoms with Crippen LogP contribution in [-0.2, 0) is 13.9 Å². The average molecular weight is 166 g/mol. The topological polar surface area (TPSA) is 83.8 Å². The normalized spacial score (nSPS) is 13.7. The first kappa shape index (κ1) is 9.36. The Hall–Kier alpha value is -0.640. The molecule has 0 saturated heterocycles. The van der Waals surface area contributed by atoms with Gasteiger partial charge in [-0.25, -0.2) is 4.79 Å². The van der Waals surface area contributed by atoms with Crippen molar-refractivity contribution in [3.63, 3.8) is 0 Å². The second-order valence-electron chi connectivity index (χ2n) is 1.32. The molecule has 0 saturated carbocycles. The molecule has 0 aromatic rings. The van der Waals surface area contributed by atoms with Crippen molar-refractivity contribution < 1.29 is 23.9 Å². The largest absolute Gasteiger partial charge is 0.478 e. The van der Waals surface area contributed by atoms with E-state index in [4.69, 9.17) is 10.00 Å². The van der Waals surface area contributed by atoms with Gasteiger partial charge in [-0.15, -0.1) is 0 Å². The lowest BCUT2D eigenvalue weighted by Gasteiger charge is -1.89. The van der Waals surface area contributed by atoms with Gasteiger partial charge in [0, 0.05) is 6.08 Å². The van der Waals surface area contributed by atoms with Crippen LogP contribution in [0, 0.1) is 0 Å². The maximum absolute atomic E-state index is 9.83. The molecule has 1 atom stereocenters. The van der Waals surface area contributed by atoms with E-state index in [9.17, 15) is 9.36 Å². The third-order valence-electron chi connectivity index (χ3n) is 0.563. The fourth-order valence-electron chi connectivity index (χ4n) is 0.268. The van der Waals surface area contributed by atoms with Crippen molar-refractivity contribution in [3.8, 4) is 0 Å². The van der Waals surface area contributed by atoms with Gasteiger partial charge in [0.2, 0.25) is 0 Å². The number of carboxylic acid groups (broad SMARTS) is 1. The molecule has 58 valence electrons. The van der Waals surface area contributed by atoms with Crippen molar-refractivity contribution in [2.45, 2.75) is 0 Å². The van der Waals surface area contributed by atoms with Crippen LogP contribution in [-0.4, -0.2) is 22.6 Å². The smallest absolute Gasteiger partial charge is 0.328 e. The van der Waals surface area contributed by atoms with Crippen LogP contribution in [0.25, 0.3) is 0 Å². The fraction of sp³-hybridized carbons (Fsp3) is 0.250. The molecule has 0 radical (unpaired) electrons. The summed E-state index contributed by atoms with van der Waals surface area (Å²) in [6.07, 6.45) is 1.98. The third kappa shape index (κ3) is 7.36. The van der Waals surface area contributed by atoms with Gasteiger partial charge in [-0.3, -0.25) is 4.57 Å². The van der Waals surface area contributed by atoms with Gasteiger partial charge >= 0.3 is 14.2 Å². The highest BCUT2D eigenvalue weighted by atomic mass is 31.1. The zero-order valence-corrected chi connectivity index (χ0v) is 5.98. The van der Waals surface area contributed by atoms with Crippen LogP contribution >= 0.6 is 8.25 Å². The summed E-state index contributed by atoms with van der Waals surface area (Å²) in [4.78, 5) is 17.8. The number of carbonyl (C=O) groups is 1. The summed E-state index contributed by atoms with van der Waals surface area (Å²) < 4.78 is 14.0. The van der Waals surface area contributed by atoms with E-state index in [1.807, 2.05) is 0 Å². The minimum absolute atomic E-state index is 0.152. The molecule has 0 rings (SSSR count). The van der Waals surface area contributed by atoms with Gasteiger partial charge in [0.25, 0.3) is 0 Å². The van der Waals surface area contributed by atoms with E-state index in [0.717, 1.165) is 12.2 Å². The first-order valence-electron chi connectivity index (χ1n) is 2.38. The van der Waals surface area contributed by atoms with Gasteiger partial charge in [0.15, 0.2) is 0 Å². The number of rotatable bonds is 4. The van der Waals surface area contributed by atoms with Crippen LogP contribution in [0.15, 0.2) is 12.2 Å². The highest BCUT2D eigenvalue weighted by molar-refractivity contribution is 7.32. The Morgan fingerprint density at radius 2 is 2.30 bits per heavy atom. The number of carboxylic acids is 1. The fourth-order valence-corrected chi connectivity index (χ4v) is 0.507. The number of hydrogen-bond acceptors (Lipinski definition) is 3. The molecule has 0 aliphatic rings. The zero-order chi connectivity index (χ0) is 7.98. The molecule has 6 heteroatoms. The summed E-state index contributed by atoms with van der Waals surface area (Å²) >= 11 is 0. The highest BCUT2D eigenvalue weighted by Crippen LogP contribution is 2.12. The van der Waals surface area contributed by atoms with Crippen molar-refractivity contribution >= 4 is 14.2 Å². The Morgan fingerprint density at radius 1 is 1.70 bits per heavy atom. The van der Waals surface area contributed by atoms with Gasteiger partial charge in [-0.05, 0) is 0 Å². The van der Waals surface area contributed by atoms with Crippen LogP contribution in [0.2, 0.25) is 0 Å². The van der Waals surface area contributed by atoms with Gasteiger partial charge in [-0.2, -0.15) is 0 Å². The van der Waals surface area contributed by atoms with E-state index in [0.29, 0.717) is 0 Å². The molecule has 0 fully saturated rings. The Bertz CT molecular complexity index is 163. The lowest BCUT2D eigenvalue weighted by Crippen LogP contribution is -1.88. The SMILES string of the molecule is O=C(O)C=CCO[PH](=O)O. The zero-order valence-electron chi connectivity index (χ0n) is 4.98. The second kappa shape index (κ2) is 5.17. The second-order valence-corrected chi connectivity index (χ2v) is 2.14. The van der Waals surface area contributed by atoms with Gasteiger partial charge in [0.05, 0.1) is 6.61 Å². The lowest BCUT2D eigenvalue weighted by molar-refractivity contribution is -0.131. The standard InChI is InChI=1S/C4H7O5P/c5-4(6)2-1-3-9-10(7)8/h1-2,10H,3H2,(H,5,6)(H,7,8). The van der Waals surface area contributed by atoms with Crippen LogP contribution in [0.5, 0.6) is 0 Å². The molecule has 5 nitrogen and oxygen atoms in total. The summed E-state index contributed by atoms with van der Waals surface area (Å²) in [5.41, 5.74) is 0. The van der Waals surface area contributed by atoms with E-state index in [1.165, 1.54) is 0 Å². The van der Waals surface area contributed by atoms with E-state index in [-0.39, 0.29) is 6.61 Å². The molecule has 0 heterocycles. The molecule has 10 heavy (non-hydrogen) atoms. The minimum atomic E-state index is -2.93. The van der Waals surface area contributed by atoms with Crippen molar-refractivity contribution in [3.05, 3.63) is 12.2 Å². The molecule has 2 N–H and O–H groups in total. The molecule has 0 bridgehead atoms. The summed E-state index contributed by atoms with van der Waals surface area (Å²) in [5, 5.41) is 8.00. The Kier molecular flexibility index (Phi) is 4.84. The molecule has 1 unspecified atom stereocenters. The van der Waals surface area contributed by atoms with Gasteiger partial charge < -0.3 is 14.5 Å². The quantitative estimate of drug-likeness (QED) is 0.454. The molecule has 0 spiro atoms. The Balaban J connectivity index is 3.36. The first-order valence-corrected chi connectivity index (χ1v) is 3.64. The van der Waals surface area contributed by atoms with Crippen LogP contribution in [0.3, 0.4) is 0 Å². The van der Waals surface area contributed by atoms with Crippen LogP contribution in [0.4, 0.5) is 0 Å². The summed E-state index contributed by atoms with van der Waals surface area (Å²) in [5.74, 6) is -1.11. The predicted molar refractivity (Wildman–Crippen MR) is 33.9 cm³/mol. The van der Waals surface area contributed by atoms with Crippen molar-refractivity contribution in [1.82, 2.24) is 0 Å². The number of aliphatic carboxylic acids is 1. The molecule has 0 aromatic heterocycles. The van der Waals surface area contributed by atoms with E-state index in [2.05, 4.69) is 4.52 Å².